The van der Waals surface area contributed by atoms with Gasteiger partial charge >= 0.3 is 0 Å². The Morgan fingerprint density at radius 3 is 2.62 bits per heavy atom. The molecular weight excluding hydrogens is 204 g/mol. The molecule has 0 aliphatic carbocycles. The monoisotopic (exact) mass is 220 g/mol. The van der Waals surface area contributed by atoms with Crippen molar-refractivity contribution in [3.8, 4) is 0 Å². The summed E-state index contributed by atoms with van der Waals surface area (Å²) in [6.45, 7) is 3.70. The maximum Gasteiger partial charge on any atom is 0.272 e. The van der Waals surface area contributed by atoms with Crippen molar-refractivity contribution in [1.29, 1.82) is 0 Å². The van der Waals surface area contributed by atoms with Crippen molar-refractivity contribution in [2.45, 2.75) is 12.8 Å². The van der Waals surface area contributed by atoms with E-state index in [4.69, 9.17) is 0 Å². The quantitative estimate of drug-likeness (QED) is 0.772. The average Bonchev–Trinajstić information content (AvgIpc) is 2.12. The Bertz CT molecular complexity index is 412. The smallest absolute Gasteiger partial charge is 0.272 e. The largest absolute Gasteiger partial charge is 0.343 e. The second-order valence-electron chi connectivity index (χ2n) is 4.31. The van der Waals surface area contributed by atoms with Crippen LogP contribution >= 0.6 is 0 Å². The SMILES string of the molecule is Cc1cc(C(=O)N(C)C)nc(C2CNC2)n1. The molecule has 1 N–H and O–H groups in total. The Balaban J connectivity index is 2.31. The summed E-state index contributed by atoms with van der Waals surface area (Å²) in [5.41, 5.74) is 1.33. The van der Waals surface area contributed by atoms with Crippen LogP contribution in [0.3, 0.4) is 0 Å². The Morgan fingerprint density at radius 1 is 1.44 bits per heavy atom. The van der Waals surface area contributed by atoms with Gasteiger partial charge in [0.25, 0.3) is 5.91 Å². The van der Waals surface area contributed by atoms with E-state index < -0.39 is 0 Å². The van der Waals surface area contributed by atoms with Gasteiger partial charge in [-0.25, -0.2) is 9.97 Å². The van der Waals surface area contributed by atoms with Crippen LogP contribution in [0.25, 0.3) is 0 Å². The van der Waals surface area contributed by atoms with Crippen molar-refractivity contribution < 1.29 is 4.79 Å². The summed E-state index contributed by atoms with van der Waals surface area (Å²) >= 11 is 0. The molecule has 1 aliphatic rings. The fraction of sp³-hybridized carbons (Fsp3) is 0.545. The van der Waals surface area contributed by atoms with Crippen molar-refractivity contribution in [2.75, 3.05) is 27.2 Å². The van der Waals surface area contributed by atoms with Crippen LogP contribution in [-0.4, -0.2) is 48.0 Å². The van der Waals surface area contributed by atoms with Crippen LogP contribution in [0.4, 0.5) is 0 Å². The fourth-order valence-electron chi connectivity index (χ4n) is 1.58. The van der Waals surface area contributed by atoms with Crippen LogP contribution in [-0.2, 0) is 0 Å². The molecule has 1 saturated heterocycles. The van der Waals surface area contributed by atoms with E-state index >= 15 is 0 Å². The highest BCUT2D eigenvalue weighted by atomic mass is 16.2. The molecule has 1 aromatic heterocycles. The molecule has 0 saturated carbocycles. The van der Waals surface area contributed by atoms with Gasteiger partial charge in [-0.2, -0.15) is 0 Å². The normalized spacial score (nSPS) is 15.7. The lowest BCUT2D eigenvalue weighted by molar-refractivity contribution is 0.0821. The molecule has 0 aromatic carbocycles. The van der Waals surface area contributed by atoms with Gasteiger partial charge in [-0.05, 0) is 13.0 Å². The van der Waals surface area contributed by atoms with E-state index in [0.717, 1.165) is 24.6 Å². The van der Waals surface area contributed by atoms with Crippen molar-refractivity contribution >= 4 is 5.91 Å². The zero-order valence-electron chi connectivity index (χ0n) is 9.82. The second-order valence-corrected chi connectivity index (χ2v) is 4.31. The summed E-state index contributed by atoms with van der Waals surface area (Å²) in [6.07, 6.45) is 0. The Morgan fingerprint density at radius 2 is 2.12 bits per heavy atom. The van der Waals surface area contributed by atoms with Gasteiger partial charge in [0.2, 0.25) is 0 Å². The summed E-state index contributed by atoms with van der Waals surface area (Å²) < 4.78 is 0. The summed E-state index contributed by atoms with van der Waals surface area (Å²) in [7, 11) is 3.45. The lowest BCUT2D eigenvalue weighted by Crippen LogP contribution is -2.41. The van der Waals surface area contributed by atoms with E-state index in [-0.39, 0.29) is 5.91 Å². The van der Waals surface area contributed by atoms with Crippen molar-refractivity contribution in [2.24, 2.45) is 0 Å². The molecule has 16 heavy (non-hydrogen) atoms. The van der Waals surface area contributed by atoms with Crippen LogP contribution in [0.1, 0.15) is 27.9 Å². The van der Waals surface area contributed by atoms with Crippen LogP contribution in [0, 0.1) is 6.92 Å². The lowest BCUT2D eigenvalue weighted by Gasteiger charge is -2.26. The number of rotatable bonds is 2. The highest BCUT2D eigenvalue weighted by Gasteiger charge is 2.23. The van der Waals surface area contributed by atoms with E-state index in [1.54, 1.807) is 20.2 Å². The molecule has 1 fully saturated rings. The maximum absolute atomic E-state index is 11.8. The number of amides is 1. The van der Waals surface area contributed by atoms with Crippen molar-refractivity contribution in [3.63, 3.8) is 0 Å². The molecule has 86 valence electrons. The molecule has 0 spiro atoms. The molecule has 5 heteroatoms. The number of hydrogen-bond acceptors (Lipinski definition) is 4. The summed E-state index contributed by atoms with van der Waals surface area (Å²) in [5.74, 6) is 1.07. The lowest BCUT2D eigenvalue weighted by atomic mass is 10.0. The number of aromatic nitrogens is 2. The zero-order valence-corrected chi connectivity index (χ0v) is 9.82. The molecule has 2 rings (SSSR count). The van der Waals surface area contributed by atoms with Crippen molar-refractivity contribution in [1.82, 2.24) is 20.2 Å². The number of carbonyl (C=O) groups is 1. The molecule has 5 nitrogen and oxygen atoms in total. The van der Waals surface area contributed by atoms with E-state index in [0.29, 0.717) is 11.6 Å². The second kappa shape index (κ2) is 4.17. The highest BCUT2D eigenvalue weighted by Crippen LogP contribution is 2.16. The molecule has 0 unspecified atom stereocenters. The number of hydrogen-bond donors (Lipinski definition) is 1. The molecule has 0 radical (unpaired) electrons. The van der Waals surface area contributed by atoms with Crippen LogP contribution < -0.4 is 5.32 Å². The standard InChI is InChI=1S/C11H16N4O/c1-7-4-9(11(16)15(2)3)14-10(13-7)8-5-12-6-8/h4,8,12H,5-6H2,1-3H3. The Kier molecular flexibility index (Phi) is 2.87. The Hall–Kier alpha value is -1.49. The predicted molar refractivity (Wildman–Crippen MR) is 60.4 cm³/mol. The number of carbonyl (C=O) groups excluding carboxylic acids is 1. The first kappa shape index (κ1) is 11.0. The maximum atomic E-state index is 11.8. The van der Waals surface area contributed by atoms with Gasteiger partial charge in [0.05, 0.1) is 0 Å². The topological polar surface area (TPSA) is 58.1 Å². The molecule has 1 aromatic rings. The first-order valence-corrected chi connectivity index (χ1v) is 5.36. The highest BCUT2D eigenvalue weighted by molar-refractivity contribution is 5.92. The molecule has 1 aliphatic heterocycles. The van der Waals surface area contributed by atoms with E-state index in [1.807, 2.05) is 6.92 Å². The van der Waals surface area contributed by atoms with Gasteiger partial charge in [-0.3, -0.25) is 4.79 Å². The Labute approximate surface area is 94.9 Å². The number of aryl methyl sites for hydroxylation is 1. The van der Waals surface area contributed by atoms with Gasteiger partial charge in [0.15, 0.2) is 0 Å². The summed E-state index contributed by atoms with van der Waals surface area (Å²) in [5, 5.41) is 3.18. The third kappa shape index (κ3) is 2.04. The van der Waals surface area contributed by atoms with Crippen LogP contribution in [0.2, 0.25) is 0 Å². The van der Waals surface area contributed by atoms with Gasteiger partial charge in [0.1, 0.15) is 11.5 Å². The van der Waals surface area contributed by atoms with Gasteiger partial charge in [-0.1, -0.05) is 0 Å². The van der Waals surface area contributed by atoms with Gasteiger partial charge in [-0.15, -0.1) is 0 Å². The molecule has 1 amide bonds. The average molecular weight is 220 g/mol. The predicted octanol–water partition coefficient (Wildman–Crippen LogP) is 0.174. The molecule has 0 bridgehead atoms. The molecule has 0 atom stereocenters. The fourth-order valence-corrected chi connectivity index (χ4v) is 1.58. The first-order valence-electron chi connectivity index (χ1n) is 5.36. The number of nitrogens with zero attached hydrogens (tertiary/aromatic N) is 3. The van der Waals surface area contributed by atoms with Crippen LogP contribution in [0.5, 0.6) is 0 Å². The minimum absolute atomic E-state index is 0.0703. The summed E-state index contributed by atoms with van der Waals surface area (Å²) in [6, 6.07) is 1.73. The third-order valence-corrected chi connectivity index (χ3v) is 2.64. The number of nitrogens with one attached hydrogen (secondary N) is 1. The van der Waals surface area contributed by atoms with Gasteiger partial charge in [0, 0.05) is 38.8 Å². The zero-order chi connectivity index (χ0) is 11.7. The van der Waals surface area contributed by atoms with Crippen molar-refractivity contribution in [3.05, 3.63) is 23.3 Å². The van der Waals surface area contributed by atoms with Crippen LogP contribution in [0.15, 0.2) is 6.07 Å². The molecule has 2 heterocycles. The first-order chi connectivity index (χ1) is 7.58. The van der Waals surface area contributed by atoms with E-state index in [9.17, 15) is 4.79 Å². The van der Waals surface area contributed by atoms with E-state index in [2.05, 4.69) is 15.3 Å². The molecular formula is C11H16N4O. The minimum Gasteiger partial charge on any atom is -0.343 e. The van der Waals surface area contributed by atoms with Gasteiger partial charge < -0.3 is 10.2 Å². The summed E-state index contributed by atoms with van der Waals surface area (Å²) in [4.78, 5) is 22.0. The minimum atomic E-state index is -0.0703. The van der Waals surface area contributed by atoms with E-state index in [1.165, 1.54) is 4.90 Å². The third-order valence-electron chi connectivity index (χ3n) is 2.64.